The van der Waals surface area contributed by atoms with Crippen LogP contribution >= 0.6 is 0 Å². The van der Waals surface area contributed by atoms with Crippen molar-refractivity contribution in [2.24, 2.45) is 0 Å². The first-order valence-electron chi connectivity index (χ1n) is 6.85. The fraction of sp³-hybridized carbons (Fsp3) is 0.467. The topological polar surface area (TPSA) is 65.1 Å². The van der Waals surface area contributed by atoms with Crippen LogP contribution in [0, 0.1) is 0 Å². The fourth-order valence-electron chi connectivity index (χ4n) is 2.06. The van der Waals surface area contributed by atoms with Gasteiger partial charge < -0.3 is 14.2 Å². The standard InChI is InChI=1S/C15H19NO5/c1-19-8-9-21-11-10-20-7-6-16-14(17)12-4-2-3-5-13(12)15(16)18/h2-5H,6-11H2,1H3. The molecule has 0 aliphatic carbocycles. The number of carbonyl (C=O) groups excluding carboxylic acids is 2. The number of imide groups is 1. The van der Waals surface area contributed by atoms with E-state index in [4.69, 9.17) is 14.2 Å². The number of nitrogens with zero attached hydrogens (tertiary/aromatic N) is 1. The minimum Gasteiger partial charge on any atom is -0.382 e. The molecule has 1 aromatic carbocycles. The molecule has 1 aromatic rings. The minimum absolute atomic E-state index is 0.254. The van der Waals surface area contributed by atoms with E-state index in [9.17, 15) is 9.59 Å². The number of carbonyl (C=O) groups is 2. The third-order valence-electron chi connectivity index (χ3n) is 3.14. The van der Waals surface area contributed by atoms with Crippen molar-refractivity contribution >= 4 is 11.8 Å². The second kappa shape index (κ2) is 7.87. The second-order valence-electron chi connectivity index (χ2n) is 4.53. The molecular weight excluding hydrogens is 274 g/mol. The van der Waals surface area contributed by atoms with Crippen molar-refractivity contribution in [2.45, 2.75) is 0 Å². The van der Waals surface area contributed by atoms with Crippen molar-refractivity contribution in [3.05, 3.63) is 35.4 Å². The first-order valence-corrected chi connectivity index (χ1v) is 6.85. The molecule has 0 saturated heterocycles. The zero-order chi connectivity index (χ0) is 15.1. The van der Waals surface area contributed by atoms with E-state index in [2.05, 4.69) is 0 Å². The molecule has 0 unspecified atom stereocenters. The van der Waals surface area contributed by atoms with Gasteiger partial charge in [0.25, 0.3) is 11.8 Å². The van der Waals surface area contributed by atoms with Crippen LogP contribution < -0.4 is 0 Å². The average Bonchev–Trinajstić information content (AvgIpc) is 2.75. The largest absolute Gasteiger partial charge is 0.382 e. The molecule has 1 heterocycles. The summed E-state index contributed by atoms with van der Waals surface area (Å²) in [5.74, 6) is -0.508. The molecule has 1 aliphatic rings. The lowest BCUT2D eigenvalue weighted by atomic mass is 10.1. The first-order chi connectivity index (χ1) is 10.3. The summed E-state index contributed by atoms with van der Waals surface area (Å²) in [6, 6.07) is 6.84. The van der Waals surface area contributed by atoms with Gasteiger partial charge in [-0.2, -0.15) is 0 Å². The Bertz CT molecular complexity index is 468. The lowest BCUT2D eigenvalue weighted by Gasteiger charge is -2.13. The maximum absolute atomic E-state index is 12.1. The van der Waals surface area contributed by atoms with Crippen molar-refractivity contribution < 1.29 is 23.8 Å². The Morgan fingerprint density at radius 2 is 1.38 bits per heavy atom. The highest BCUT2D eigenvalue weighted by Crippen LogP contribution is 2.21. The van der Waals surface area contributed by atoms with E-state index >= 15 is 0 Å². The molecule has 0 spiro atoms. The summed E-state index contributed by atoms with van der Waals surface area (Å²) >= 11 is 0. The van der Waals surface area contributed by atoms with Gasteiger partial charge in [0, 0.05) is 7.11 Å². The molecule has 0 saturated carbocycles. The smallest absolute Gasteiger partial charge is 0.261 e. The highest BCUT2D eigenvalue weighted by molar-refractivity contribution is 6.21. The molecule has 0 radical (unpaired) electrons. The molecule has 0 bridgehead atoms. The van der Waals surface area contributed by atoms with Crippen molar-refractivity contribution in [2.75, 3.05) is 46.7 Å². The van der Waals surface area contributed by atoms with Gasteiger partial charge in [-0.05, 0) is 12.1 Å². The van der Waals surface area contributed by atoms with Crippen LogP contribution in [-0.2, 0) is 14.2 Å². The normalized spacial score (nSPS) is 13.9. The van der Waals surface area contributed by atoms with Crippen LogP contribution in [-0.4, -0.2) is 63.4 Å². The summed E-state index contributed by atoms with van der Waals surface area (Å²) in [7, 11) is 1.61. The SMILES string of the molecule is COCCOCCOCCN1C(=O)c2ccccc2C1=O. The van der Waals surface area contributed by atoms with Crippen LogP contribution in [0.1, 0.15) is 20.7 Å². The summed E-state index contributed by atoms with van der Waals surface area (Å²) in [4.78, 5) is 25.3. The van der Waals surface area contributed by atoms with Crippen LogP contribution in [0.5, 0.6) is 0 Å². The van der Waals surface area contributed by atoms with Gasteiger partial charge in [-0.3, -0.25) is 14.5 Å². The molecule has 21 heavy (non-hydrogen) atoms. The number of benzene rings is 1. The number of amides is 2. The molecule has 0 fully saturated rings. The molecule has 2 rings (SSSR count). The van der Waals surface area contributed by atoms with E-state index in [0.29, 0.717) is 44.2 Å². The maximum atomic E-state index is 12.1. The molecule has 0 atom stereocenters. The number of hydrogen-bond donors (Lipinski definition) is 0. The van der Waals surface area contributed by atoms with Gasteiger partial charge in [-0.25, -0.2) is 0 Å². The Morgan fingerprint density at radius 1 is 0.857 bits per heavy atom. The van der Waals surface area contributed by atoms with Gasteiger partial charge in [0.1, 0.15) is 0 Å². The Hall–Kier alpha value is -1.76. The molecule has 2 amide bonds. The summed E-state index contributed by atoms with van der Waals surface area (Å²) in [5, 5.41) is 0. The number of hydrogen-bond acceptors (Lipinski definition) is 5. The highest BCUT2D eigenvalue weighted by Gasteiger charge is 2.34. The summed E-state index contributed by atoms with van der Waals surface area (Å²) < 4.78 is 15.4. The number of ether oxygens (including phenoxy) is 3. The highest BCUT2D eigenvalue weighted by atomic mass is 16.5. The van der Waals surface area contributed by atoms with Gasteiger partial charge in [-0.15, -0.1) is 0 Å². The summed E-state index contributed by atoms with van der Waals surface area (Å²) in [5.41, 5.74) is 0.927. The average molecular weight is 293 g/mol. The van der Waals surface area contributed by atoms with Crippen LogP contribution in [0.2, 0.25) is 0 Å². The van der Waals surface area contributed by atoms with Gasteiger partial charge in [0.05, 0.1) is 50.7 Å². The van der Waals surface area contributed by atoms with E-state index in [-0.39, 0.29) is 18.4 Å². The minimum atomic E-state index is -0.254. The Morgan fingerprint density at radius 3 is 1.95 bits per heavy atom. The third-order valence-corrected chi connectivity index (χ3v) is 3.14. The number of fused-ring (bicyclic) bond motifs is 1. The van der Waals surface area contributed by atoms with Gasteiger partial charge in [-0.1, -0.05) is 12.1 Å². The summed E-state index contributed by atoms with van der Waals surface area (Å²) in [6.45, 7) is 2.52. The van der Waals surface area contributed by atoms with Crippen molar-refractivity contribution in [1.82, 2.24) is 4.90 Å². The van der Waals surface area contributed by atoms with E-state index < -0.39 is 0 Å². The molecule has 1 aliphatic heterocycles. The van der Waals surface area contributed by atoms with Gasteiger partial charge in [0.2, 0.25) is 0 Å². The predicted octanol–water partition coefficient (Wildman–Crippen LogP) is 0.962. The molecule has 6 heteroatoms. The lowest BCUT2D eigenvalue weighted by Crippen LogP contribution is -2.33. The van der Waals surface area contributed by atoms with Gasteiger partial charge in [0.15, 0.2) is 0 Å². The van der Waals surface area contributed by atoms with E-state index in [1.165, 1.54) is 4.90 Å². The maximum Gasteiger partial charge on any atom is 0.261 e. The molecule has 0 aromatic heterocycles. The van der Waals surface area contributed by atoms with Crippen molar-refractivity contribution in [3.8, 4) is 0 Å². The van der Waals surface area contributed by atoms with Gasteiger partial charge >= 0.3 is 0 Å². The summed E-state index contributed by atoms with van der Waals surface area (Å²) in [6.07, 6.45) is 0. The number of rotatable bonds is 9. The van der Waals surface area contributed by atoms with Crippen LogP contribution in [0.3, 0.4) is 0 Å². The van der Waals surface area contributed by atoms with Crippen molar-refractivity contribution in [3.63, 3.8) is 0 Å². The Balaban J connectivity index is 1.69. The zero-order valence-corrected chi connectivity index (χ0v) is 12.0. The van der Waals surface area contributed by atoms with E-state index in [0.717, 1.165) is 0 Å². The van der Waals surface area contributed by atoms with E-state index in [1.807, 2.05) is 0 Å². The lowest BCUT2D eigenvalue weighted by molar-refractivity contribution is 0.0197. The first kappa shape index (κ1) is 15.6. The van der Waals surface area contributed by atoms with E-state index in [1.54, 1.807) is 31.4 Å². The monoisotopic (exact) mass is 293 g/mol. The third kappa shape index (κ3) is 3.87. The molecule has 0 N–H and O–H groups in total. The second-order valence-corrected chi connectivity index (χ2v) is 4.53. The fourth-order valence-corrected chi connectivity index (χ4v) is 2.06. The number of methoxy groups -OCH3 is 1. The zero-order valence-electron chi connectivity index (χ0n) is 12.0. The Kier molecular flexibility index (Phi) is 5.86. The molecule has 114 valence electrons. The Labute approximate surface area is 123 Å². The van der Waals surface area contributed by atoms with Crippen LogP contribution in [0.4, 0.5) is 0 Å². The van der Waals surface area contributed by atoms with Crippen LogP contribution in [0.15, 0.2) is 24.3 Å². The quantitative estimate of drug-likeness (QED) is 0.501. The van der Waals surface area contributed by atoms with Crippen molar-refractivity contribution in [1.29, 1.82) is 0 Å². The molecule has 6 nitrogen and oxygen atoms in total. The predicted molar refractivity (Wildman–Crippen MR) is 75.3 cm³/mol. The molecular formula is C15H19NO5. The van der Waals surface area contributed by atoms with Crippen LogP contribution in [0.25, 0.3) is 0 Å².